The Kier molecular flexibility index (Phi) is 7.32. The maximum Gasteiger partial charge on any atom is 0.137 e. The van der Waals surface area contributed by atoms with Crippen LogP contribution in [0.4, 0.5) is 28.4 Å². The number of rotatable bonds is 6. The standard InChI is InChI=1S/C54H36N2O2/c1-3-13-35(14-4-1)55(36-15-5-2-6-16-36)39-24-28-47-48-29-25-40(34-54(48)58-53(47)33-39)56(38-26-30-52-50(32-38)46-21-11-12-22-51(46)57-52)37-23-27-45-43-19-8-7-17-41(43)42-18-9-10-20-44(42)49(45)31-37/h1-34,45,49H. The monoisotopic (exact) mass is 744 g/mol. The minimum Gasteiger partial charge on any atom is -0.456 e. The first kappa shape index (κ1) is 32.7. The highest BCUT2D eigenvalue weighted by molar-refractivity contribution is 6.08. The first-order valence-electron chi connectivity index (χ1n) is 19.9. The zero-order valence-corrected chi connectivity index (χ0v) is 31.5. The maximum atomic E-state index is 6.81. The maximum absolute atomic E-state index is 6.81. The molecule has 0 saturated carbocycles. The summed E-state index contributed by atoms with van der Waals surface area (Å²) in [5.41, 5.74) is 15.2. The second-order valence-electron chi connectivity index (χ2n) is 15.3. The molecule has 0 aliphatic heterocycles. The van der Waals surface area contributed by atoms with Crippen LogP contribution >= 0.6 is 0 Å². The van der Waals surface area contributed by atoms with E-state index >= 15 is 0 Å². The first-order valence-corrected chi connectivity index (χ1v) is 19.9. The Balaban J connectivity index is 1.02. The Hall–Kier alpha value is -7.56. The molecule has 58 heavy (non-hydrogen) atoms. The van der Waals surface area contributed by atoms with Crippen LogP contribution in [0, 0.1) is 0 Å². The molecule has 274 valence electrons. The number of hydrogen-bond acceptors (Lipinski definition) is 4. The van der Waals surface area contributed by atoms with Crippen molar-refractivity contribution in [1.29, 1.82) is 0 Å². The second kappa shape index (κ2) is 13.0. The highest BCUT2D eigenvalue weighted by Crippen LogP contribution is 2.51. The molecule has 2 atom stereocenters. The van der Waals surface area contributed by atoms with Crippen LogP contribution in [0.1, 0.15) is 23.0 Å². The Bertz CT molecular complexity index is 3220. The van der Waals surface area contributed by atoms with Crippen molar-refractivity contribution in [3.05, 3.63) is 223 Å². The fourth-order valence-corrected chi connectivity index (χ4v) is 9.39. The zero-order chi connectivity index (χ0) is 38.2. The quantitative estimate of drug-likeness (QED) is 0.170. The van der Waals surface area contributed by atoms with Gasteiger partial charge in [-0.3, -0.25) is 0 Å². The number of nitrogens with zero attached hydrogens (tertiary/aromatic N) is 2. The number of allylic oxidation sites excluding steroid dienone is 3. The summed E-state index contributed by atoms with van der Waals surface area (Å²) in [6, 6.07) is 66.8. The smallest absolute Gasteiger partial charge is 0.137 e. The molecule has 2 aromatic heterocycles. The van der Waals surface area contributed by atoms with Crippen molar-refractivity contribution in [2.24, 2.45) is 0 Å². The summed E-state index contributed by atoms with van der Waals surface area (Å²) < 4.78 is 13.1. The topological polar surface area (TPSA) is 32.8 Å². The summed E-state index contributed by atoms with van der Waals surface area (Å²) in [4.78, 5) is 4.65. The molecule has 0 fully saturated rings. The average molecular weight is 745 g/mol. The molecule has 2 unspecified atom stereocenters. The molecule has 12 rings (SSSR count). The lowest BCUT2D eigenvalue weighted by Crippen LogP contribution is -2.22. The summed E-state index contributed by atoms with van der Waals surface area (Å²) in [6.07, 6.45) is 7.18. The van der Waals surface area contributed by atoms with E-state index in [0.29, 0.717) is 0 Å². The molecular weight excluding hydrogens is 709 g/mol. The fourth-order valence-electron chi connectivity index (χ4n) is 9.39. The van der Waals surface area contributed by atoms with Gasteiger partial charge in [0.05, 0.1) is 0 Å². The van der Waals surface area contributed by atoms with Crippen LogP contribution in [0.5, 0.6) is 0 Å². The van der Waals surface area contributed by atoms with Gasteiger partial charge >= 0.3 is 0 Å². The van der Waals surface area contributed by atoms with Crippen LogP contribution in [-0.2, 0) is 0 Å². The summed E-state index contributed by atoms with van der Waals surface area (Å²) in [5.74, 6) is 0.424. The highest BCUT2D eigenvalue weighted by Gasteiger charge is 2.34. The Morgan fingerprint density at radius 2 is 0.845 bits per heavy atom. The van der Waals surface area contributed by atoms with Crippen molar-refractivity contribution in [3.63, 3.8) is 0 Å². The van der Waals surface area contributed by atoms with Crippen LogP contribution in [0.15, 0.2) is 221 Å². The summed E-state index contributed by atoms with van der Waals surface area (Å²) in [7, 11) is 0. The van der Waals surface area contributed by atoms with E-state index in [9.17, 15) is 0 Å². The average Bonchev–Trinajstić information content (AvgIpc) is 3.85. The lowest BCUT2D eigenvalue weighted by atomic mass is 9.69. The Labute approximate surface area is 335 Å². The Morgan fingerprint density at radius 3 is 1.53 bits per heavy atom. The van der Waals surface area contributed by atoms with E-state index in [1.165, 1.54) is 22.3 Å². The molecular formula is C54H36N2O2. The van der Waals surface area contributed by atoms with E-state index in [4.69, 9.17) is 8.83 Å². The third kappa shape index (κ3) is 5.15. The van der Waals surface area contributed by atoms with Gasteiger partial charge in [-0.25, -0.2) is 0 Å². The predicted molar refractivity (Wildman–Crippen MR) is 239 cm³/mol. The molecule has 0 saturated heterocycles. The van der Waals surface area contributed by atoms with Crippen molar-refractivity contribution in [3.8, 4) is 11.1 Å². The van der Waals surface area contributed by atoms with Crippen molar-refractivity contribution in [2.75, 3.05) is 9.80 Å². The lowest BCUT2D eigenvalue weighted by molar-refractivity contribution is 0.668. The van der Waals surface area contributed by atoms with Crippen LogP contribution in [0.3, 0.4) is 0 Å². The fraction of sp³-hybridized carbons (Fsp3) is 0.0370. The van der Waals surface area contributed by atoms with E-state index in [1.807, 2.05) is 12.1 Å². The van der Waals surface area contributed by atoms with Crippen molar-refractivity contribution in [1.82, 2.24) is 0 Å². The first-order chi connectivity index (χ1) is 28.7. The number of anilines is 5. The van der Waals surface area contributed by atoms with Crippen LogP contribution < -0.4 is 9.80 Å². The van der Waals surface area contributed by atoms with Crippen LogP contribution in [0.25, 0.3) is 55.0 Å². The van der Waals surface area contributed by atoms with Crippen molar-refractivity contribution in [2.45, 2.75) is 11.8 Å². The van der Waals surface area contributed by atoms with E-state index in [-0.39, 0.29) is 11.8 Å². The molecule has 0 amide bonds. The molecule has 0 spiro atoms. The van der Waals surface area contributed by atoms with Gasteiger partial charge in [0.15, 0.2) is 0 Å². The number of fused-ring (bicyclic) bond motifs is 12. The third-order valence-corrected chi connectivity index (χ3v) is 12.0. The van der Waals surface area contributed by atoms with Gasteiger partial charge in [-0.05, 0) is 101 Å². The number of furan rings is 2. The largest absolute Gasteiger partial charge is 0.456 e. The van der Waals surface area contributed by atoms with Gasteiger partial charge in [0.25, 0.3) is 0 Å². The second-order valence-corrected chi connectivity index (χ2v) is 15.3. The normalized spacial score (nSPS) is 15.6. The predicted octanol–water partition coefficient (Wildman–Crippen LogP) is 15.1. The molecule has 8 aromatic carbocycles. The van der Waals surface area contributed by atoms with Gasteiger partial charge in [-0.1, -0.05) is 115 Å². The van der Waals surface area contributed by atoms with Gasteiger partial charge in [0.2, 0.25) is 0 Å². The van der Waals surface area contributed by atoms with Gasteiger partial charge in [0.1, 0.15) is 22.3 Å². The van der Waals surface area contributed by atoms with E-state index in [0.717, 1.165) is 78.0 Å². The molecule has 4 nitrogen and oxygen atoms in total. The van der Waals surface area contributed by atoms with Crippen molar-refractivity contribution < 1.29 is 8.83 Å². The van der Waals surface area contributed by atoms with Gasteiger partial charge in [-0.2, -0.15) is 0 Å². The van der Waals surface area contributed by atoms with Crippen LogP contribution in [-0.4, -0.2) is 0 Å². The zero-order valence-electron chi connectivity index (χ0n) is 31.5. The molecule has 10 aromatic rings. The third-order valence-electron chi connectivity index (χ3n) is 12.0. The summed E-state index contributed by atoms with van der Waals surface area (Å²) >= 11 is 0. The van der Waals surface area contributed by atoms with Gasteiger partial charge in [0, 0.05) is 79.6 Å². The van der Waals surface area contributed by atoms with E-state index < -0.39 is 0 Å². The number of hydrogen-bond donors (Lipinski definition) is 0. The van der Waals surface area contributed by atoms with Gasteiger partial charge in [-0.15, -0.1) is 0 Å². The van der Waals surface area contributed by atoms with E-state index in [2.05, 4.69) is 204 Å². The lowest BCUT2D eigenvalue weighted by Gasteiger charge is -2.37. The van der Waals surface area contributed by atoms with Gasteiger partial charge < -0.3 is 18.6 Å². The molecule has 0 radical (unpaired) electrons. The molecule has 0 bridgehead atoms. The molecule has 2 heterocycles. The highest BCUT2D eigenvalue weighted by atomic mass is 16.3. The van der Waals surface area contributed by atoms with Crippen molar-refractivity contribution >= 4 is 72.3 Å². The van der Waals surface area contributed by atoms with Crippen LogP contribution in [0.2, 0.25) is 0 Å². The Morgan fingerprint density at radius 1 is 0.345 bits per heavy atom. The number of benzene rings is 8. The molecule has 2 aliphatic carbocycles. The molecule has 4 heteroatoms. The number of para-hydroxylation sites is 3. The molecule has 0 N–H and O–H groups in total. The summed E-state index contributed by atoms with van der Waals surface area (Å²) in [6.45, 7) is 0. The molecule has 2 aliphatic rings. The minimum absolute atomic E-state index is 0.178. The minimum atomic E-state index is 0.178. The summed E-state index contributed by atoms with van der Waals surface area (Å²) in [5, 5.41) is 4.36. The SMILES string of the molecule is C1=CC2c3ccccc3-c3ccccc3C2C=C1N(c1ccc2c(c1)oc1cc(N(c3ccccc3)c3ccccc3)ccc12)c1ccc2oc3ccccc3c2c1. The van der Waals surface area contributed by atoms with E-state index in [1.54, 1.807) is 0 Å².